The van der Waals surface area contributed by atoms with Gasteiger partial charge in [-0.05, 0) is 37.8 Å². The van der Waals surface area contributed by atoms with Crippen LogP contribution in [0.1, 0.15) is 53.0 Å². The molecule has 0 fully saturated rings. The predicted molar refractivity (Wildman–Crippen MR) is 83.9 cm³/mol. The molecule has 0 spiro atoms. The van der Waals surface area contributed by atoms with Crippen molar-refractivity contribution in [3.05, 3.63) is 59.2 Å². The Hall–Kier alpha value is -1.30. The van der Waals surface area contributed by atoms with Gasteiger partial charge in [-0.3, -0.25) is 0 Å². The van der Waals surface area contributed by atoms with Crippen molar-refractivity contribution < 1.29 is 0 Å². The summed E-state index contributed by atoms with van der Waals surface area (Å²) in [4.78, 5) is 0. The molecule has 0 saturated carbocycles. The van der Waals surface area contributed by atoms with Crippen LogP contribution in [0.2, 0.25) is 0 Å². The molecule has 0 aliphatic rings. The summed E-state index contributed by atoms with van der Waals surface area (Å²) in [5.74, 6) is 0. The van der Waals surface area contributed by atoms with Crippen LogP contribution in [0.4, 0.5) is 0 Å². The Morgan fingerprint density at radius 3 is 1.89 bits per heavy atom. The van der Waals surface area contributed by atoms with Crippen LogP contribution in [0, 0.1) is 0 Å². The highest BCUT2D eigenvalue weighted by Gasteiger charge is 2.02. The van der Waals surface area contributed by atoms with E-state index in [0.29, 0.717) is 0 Å². The molecule has 1 aromatic carbocycles. The Morgan fingerprint density at radius 2 is 1.50 bits per heavy atom. The molecule has 0 heterocycles. The molecule has 1 aromatic rings. The highest BCUT2D eigenvalue weighted by Crippen LogP contribution is 2.19. The average molecular weight is 244 g/mol. The molecule has 0 heteroatoms. The van der Waals surface area contributed by atoms with Crippen molar-refractivity contribution in [3.63, 3.8) is 0 Å². The number of allylic oxidation sites excluding steroid dienone is 3. The zero-order valence-electron chi connectivity index (χ0n) is 12.7. The summed E-state index contributed by atoms with van der Waals surface area (Å²) in [7, 11) is 0. The Bertz CT molecular complexity index is 368. The normalized spacial score (nSPS) is 11.2. The van der Waals surface area contributed by atoms with Crippen LogP contribution in [0.5, 0.6) is 0 Å². The van der Waals surface area contributed by atoms with E-state index in [0.717, 1.165) is 12.8 Å². The van der Waals surface area contributed by atoms with Gasteiger partial charge in [0.05, 0.1) is 0 Å². The van der Waals surface area contributed by atoms with Crippen molar-refractivity contribution in [1.82, 2.24) is 0 Å². The first-order valence-electron chi connectivity index (χ1n) is 6.95. The summed E-state index contributed by atoms with van der Waals surface area (Å²) in [5.41, 5.74) is 5.43. The number of rotatable bonds is 4. The zero-order chi connectivity index (χ0) is 14.0. The van der Waals surface area contributed by atoms with E-state index in [1.807, 2.05) is 0 Å². The lowest BCUT2D eigenvalue weighted by molar-refractivity contribution is 1.01. The van der Waals surface area contributed by atoms with E-state index in [4.69, 9.17) is 0 Å². The minimum atomic E-state index is 1.04. The van der Waals surface area contributed by atoms with E-state index in [-0.39, 0.29) is 0 Å². The lowest BCUT2D eigenvalue weighted by atomic mass is 9.96. The third kappa shape index (κ3) is 6.44. The fourth-order valence-corrected chi connectivity index (χ4v) is 1.98. The van der Waals surface area contributed by atoms with E-state index in [1.54, 1.807) is 0 Å². The summed E-state index contributed by atoms with van der Waals surface area (Å²) >= 11 is 0. The van der Waals surface area contributed by atoms with Gasteiger partial charge in [0.25, 0.3) is 0 Å². The zero-order valence-corrected chi connectivity index (χ0v) is 12.7. The standard InChI is InChI=1S/C15H20.C3H8/c1-5-15(12(2)3)13(4)11-14-9-7-6-8-10-14;1-3-2/h6-10H,2,5,11H2,1,3-4H3;3H2,1-2H3/b15-13-;. The van der Waals surface area contributed by atoms with Gasteiger partial charge < -0.3 is 0 Å². The number of hydrogen-bond donors (Lipinski definition) is 0. The highest BCUT2D eigenvalue weighted by molar-refractivity contribution is 5.33. The van der Waals surface area contributed by atoms with Gasteiger partial charge in [-0.15, -0.1) is 0 Å². The summed E-state index contributed by atoms with van der Waals surface area (Å²) in [6.45, 7) is 14.8. The van der Waals surface area contributed by atoms with Crippen LogP contribution in [0.25, 0.3) is 0 Å². The smallest absolute Gasteiger partial charge is 0.00640 e. The molecule has 18 heavy (non-hydrogen) atoms. The first-order chi connectivity index (χ1) is 8.56. The monoisotopic (exact) mass is 244 g/mol. The molecule has 0 unspecified atom stereocenters. The molecule has 0 nitrogen and oxygen atoms in total. The molecule has 0 aromatic heterocycles. The summed E-state index contributed by atoms with van der Waals surface area (Å²) in [6, 6.07) is 10.6. The van der Waals surface area contributed by atoms with E-state index >= 15 is 0 Å². The van der Waals surface area contributed by atoms with Crippen LogP contribution < -0.4 is 0 Å². The number of hydrogen-bond acceptors (Lipinski definition) is 0. The molecular formula is C18H28. The molecule has 0 saturated heterocycles. The van der Waals surface area contributed by atoms with Gasteiger partial charge >= 0.3 is 0 Å². The second-order valence-electron chi connectivity index (χ2n) is 4.76. The van der Waals surface area contributed by atoms with E-state index < -0.39 is 0 Å². The van der Waals surface area contributed by atoms with Crippen molar-refractivity contribution in [2.45, 2.75) is 53.9 Å². The highest BCUT2D eigenvalue weighted by atomic mass is 14.1. The summed E-state index contributed by atoms with van der Waals surface area (Å²) < 4.78 is 0. The molecular weight excluding hydrogens is 216 g/mol. The van der Waals surface area contributed by atoms with Gasteiger partial charge in [0, 0.05) is 0 Å². The third-order valence-corrected chi connectivity index (χ3v) is 2.70. The van der Waals surface area contributed by atoms with Crippen LogP contribution >= 0.6 is 0 Å². The minimum absolute atomic E-state index is 1.04. The topological polar surface area (TPSA) is 0 Å². The van der Waals surface area contributed by atoms with Crippen molar-refractivity contribution in [2.24, 2.45) is 0 Å². The Morgan fingerprint density at radius 1 is 1.00 bits per heavy atom. The van der Waals surface area contributed by atoms with Gasteiger partial charge in [-0.1, -0.05) is 75.2 Å². The lowest BCUT2D eigenvalue weighted by Gasteiger charge is -2.10. The molecule has 0 N–H and O–H groups in total. The average Bonchev–Trinajstić information content (AvgIpc) is 2.31. The summed E-state index contributed by atoms with van der Waals surface area (Å²) in [5, 5.41) is 0. The molecule has 1 rings (SSSR count). The molecule has 0 amide bonds. The predicted octanol–water partition coefficient (Wildman–Crippen LogP) is 5.95. The third-order valence-electron chi connectivity index (χ3n) is 2.70. The van der Waals surface area contributed by atoms with Gasteiger partial charge in [0.15, 0.2) is 0 Å². The molecule has 0 atom stereocenters. The Kier molecular flexibility index (Phi) is 9.00. The largest absolute Gasteiger partial charge is 0.0958 e. The molecule has 0 bridgehead atoms. The van der Waals surface area contributed by atoms with Crippen molar-refractivity contribution in [1.29, 1.82) is 0 Å². The van der Waals surface area contributed by atoms with Crippen molar-refractivity contribution in [2.75, 3.05) is 0 Å². The lowest BCUT2D eigenvalue weighted by Crippen LogP contribution is -1.93. The van der Waals surface area contributed by atoms with Gasteiger partial charge in [0.2, 0.25) is 0 Å². The quantitative estimate of drug-likeness (QED) is 0.574. The van der Waals surface area contributed by atoms with Crippen LogP contribution in [0.3, 0.4) is 0 Å². The van der Waals surface area contributed by atoms with Gasteiger partial charge in [-0.25, -0.2) is 0 Å². The Labute approximate surface area is 113 Å². The van der Waals surface area contributed by atoms with E-state index in [1.165, 1.54) is 28.7 Å². The van der Waals surface area contributed by atoms with Crippen molar-refractivity contribution in [3.8, 4) is 0 Å². The van der Waals surface area contributed by atoms with Gasteiger partial charge in [0.1, 0.15) is 0 Å². The SMILES string of the molecule is C=C(C)/C(CC)=C(/C)Cc1ccccc1.CCC. The van der Waals surface area contributed by atoms with Gasteiger partial charge in [-0.2, -0.15) is 0 Å². The first kappa shape index (κ1) is 16.7. The maximum absolute atomic E-state index is 4.03. The second-order valence-corrected chi connectivity index (χ2v) is 4.76. The summed E-state index contributed by atoms with van der Waals surface area (Å²) in [6.07, 6.45) is 3.37. The molecule has 0 radical (unpaired) electrons. The fourth-order valence-electron chi connectivity index (χ4n) is 1.98. The maximum Gasteiger partial charge on any atom is -0.00640 e. The fraction of sp³-hybridized carbons (Fsp3) is 0.444. The van der Waals surface area contributed by atoms with Crippen LogP contribution in [-0.2, 0) is 6.42 Å². The minimum Gasteiger partial charge on any atom is -0.0958 e. The van der Waals surface area contributed by atoms with Crippen molar-refractivity contribution >= 4 is 0 Å². The maximum atomic E-state index is 4.03. The second kappa shape index (κ2) is 9.70. The molecule has 0 aliphatic heterocycles. The number of benzene rings is 1. The Balaban J connectivity index is 0.000000873. The van der Waals surface area contributed by atoms with E-state index in [2.05, 4.69) is 71.5 Å². The first-order valence-corrected chi connectivity index (χ1v) is 6.95. The molecule has 0 aliphatic carbocycles. The van der Waals surface area contributed by atoms with E-state index in [9.17, 15) is 0 Å². The molecule has 100 valence electrons. The van der Waals surface area contributed by atoms with Crippen LogP contribution in [0.15, 0.2) is 53.6 Å². The van der Waals surface area contributed by atoms with Crippen LogP contribution in [-0.4, -0.2) is 0 Å².